The molecule has 4 nitrogen and oxygen atoms in total. The highest BCUT2D eigenvalue weighted by Crippen LogP contribution is 2.21. The largest absolute Gasteiger partial charge is 0.369 e. The molecule has 4 heteroatoms. The van der Waals surface area contributed by atoms with Crippen LogP contribution < -0.4 is 11.5 Å². The monoisotopic (exact) mass is 242 g/mol. The maximum absolute atomic E-state index is 11.0. The Bertz CT molecular complexity index is 566. The van der Waals surface area contributed by atoms with Crippen LogP contribution in [0, 0.1) is 0 Å². The third kappa shape index (κ3) is 2.66. The number of carbonyl (C=O) groups excluding carboxylic acids is 2. The molecule has 0 radical (unpaired) electrons. The zero-order valence-corrected chi connectivity index (χ0v) is 9.85. The SMILES string of the molecule is NC(=O)Cc1cc2ccccc2cc1CC(N)=O. The van der Waals surface area contributed by atoms with Crippen LogP contribution in [0.3, 0.4) is 0 Å². The molecule has 2 rings (SSSR count). The normalized spacial score (nSPS) is 10.4. The summed E-state index contributed by atoms with van der Waals surface area (Å²) in [4.78, 5) is 22.1. The number of carbonyl (C=O) groups is 2. The average Bonchev–Trinajstić information content (AvgIpc) is 2.28. The van der Waals surface area contributed by atoms with E-state index in [0.29, 0.717) is 0 Å². The average molecular weight is 242 g/mol. The Morgan fingerprint density at radius 3 is 1.56 bits per heavy atom. The number of hydrogen-bond acceptors (Lipinski definition) is 2. The molecule has 0 unspecified atom stereocenters. The molecule has 0 bridgehead atoms. The van der Waals surface area contributed by atoms with Gasteiger partial charge >= 0.3 is 0 Å². The minimum atomic E-state index is -0.420. The van der Waals surface area contributed by atoms with Crippen LogP contribution in [-0.2, 0) is 22.4 Å². The summed E-state index contributed by atoms with van der Waals surface area (Å²) in [6.45, 7) is 0. The minimum absolute atomic E-state index is 0.118. The number of nitrogens with two attached hydrogens (primary N) is 2. The molecule has 0 aliphatic carbocycles. The van der Waals surface area contributed by atoms with E-state index in [9.17, 15) is 9.59 Å². The van der Waals surface area contributed by atoms with E-state index in [1.54, 1.807) is 0 Å². The van der Waals surface area contributed by atoms with Gasteiger partial charge in [-0.2, -0.15) is 0 Å². The molecule has 0 saturated heterocycles. The van der Waals surface area contributed by atoms with E-state index >= 15 is 0 Å². The number of benzene rings is 2. The van der Waals surface area contributed by atoms with Gasteiger partial charge in [-0.05, 0) is 21.9 Å². The quantitative estimate of drug-likeness (QED) is 0.834. The van der Waals surface area contributed by atoms with Crippen molar-refractivity contribution in [3.8, 4) is 0 Å². The first-order chi connectivity index (χ1) is 8.56. The van der Waals surface area contributed by atoms with Gasteiger partial charge in [-0.1, -0.05) is 36.4 Å². The van der Waals surface area contributed by atoms with E-state index in [-0.39, 0.29) is 12.8 Å². The van der Waals surface area contributed by atoms with Crippen molar-refractivity contribution in [2.75, 3.05) is 0 Å². The first-order valence-electron chi connectivity index (χ1n) is 5.63. The third-order valence-electron chi connectivity index (χ3n) is 2.80. The molecule has 0 aliphatic rings. The maximum Gasteiger partial charge on any atom is 0.221 e. The van der Waals surface area contributed by atoms with E-state index in [1.807, 2.05) is 36.4 Å². The number of hydrogen-bond donors (Lipinski definition) is 2. The second-order valence-electron chi connectivity index (χ2n) is 4.25. The molecule has 0 saturated carbocycles. The van der Waals surface area contributed by atoms with Crippen LogP contribution in [0.1, 0.15) is 11.1 Å². The van der Waals surface area contributed by atoms with E-state index in [0.717, 1.165) is 21.9 Å². The first kappa shape index (κ1) is 12.1. The van der Waals surface area contributed by atoms with Gasteiger partial charge in [-0.3, -0.25) is 9.59 Å². The molecule has 2 amide bonds. The Hall–Kier alpha value is -2.36. The summed E-state index contributed by atoms with van der Waals surface area (Å²) in [5.74, 6) is -0.841. The summed E-state index contributed by atoms with van der Waals surface area (Å²) in [7, 11) is 0. The van der Waals surface area contributed by atoms with Crippen LogP contribution in [0.4, 0.5) is 0 Å². The Kier molecular flexibility index (Phi) is 3.28. The van der Waals surface area contributed by atoms with E-state index in [1.165, 1.54) is 0 Å². The van der Waals surface area contributed by atoms with Gasteiger partial charge in [0.25, 0.3) is 0 Å². The van der Waals surface area contributed by atoms with Crippen molar-refractivity contribution in [3.05, 3.63) is 47.5 Å². The lowest BCUT2D eigenvalue weighted by atomic mass is 9.96. The third-order valence-corrected chi connectivity index (χ3v) is 2.80. The number of fused-ring (bicyclic) bond motifs is 1. The van der Waals surface area contributed by atoms with Crippen LogP contribution in [-0.4, -0.2) is 11.8 Å². The van der Waals surface area contributed by atoms with Gasteiger partial charge in [0.2, 0.25) is 11.8 Å². The van der Waals surface area contributed by atoms with Crippen molar-refractivity contribution in [2.24, 2.45) is 11.5 Å². The standard InChI is InChI=1S/C14H14N2O2/c15-13(17)7-11-5-9-3-1-2-4-10(9)6-12(11)8-14(16)18/h1-6H,7-8H2,(H2,15,17)(H2,16,18). The van der Waals surface area contributed by atoms with Crippen LogP contribution in [0.15, 0.2) is 36.4 Å². The summed E-state index contributed by atoms with van der Waals surface area (Å²) in [5, 5.41) is 2.03. The fourth-order valence-corrected chi connectivity index (χ4v) is 2.04. The number of amides is 2. The van der Waals surface area contributed by atoms with Gasteiger partial charge in [-0.25, -0.2) is 0 Å². The fourth-order valence-electron chi connectivity index (χ4n) is 2.04. The molecule has 2 aromatic rings. The van der Waals surface area contributed by atoms with E-state index < -0.39 is 11.8 Å². The summed E-state index contributed by atoms with van der Waals surface area (Å²) in [5.41, 5.74) is 12.0. The molecule has 18 heavy (non-hydrogen) atoms. The second-order valence-corrected chi connectivity index (χ2v) is 4.25. The van der Waals surface area contributed by atoms with Gasteiger partial charge in [0, 0.05) is 0 Å². The topological polar surface area (TPSA) is 86.2 Å². The van der Waals surface area contributed by atoms with Gasteiger partial charge in [-0.15, -0.1) is 0 Å². The minimum Gasteiger partial charge on any atom is -0.369 e. The molecule has 0 fully saturated rings. The smallest absolute Gasteiger partial charge is 0.221 e. The Morgan fingerprint density at radius 1 is 0.833 bits per heavy atom. The molecule has 92 valence electrons. The lowest BCUT2D eigenvalue weighted by molar-refractivity contribution is -0.118. The van der Waals surface area contributed by atoms with Crippen molar-refractivity contribution in [3.63, 3.8) is 0 Å². The summed E-state index contributed by atoms with van der Waals surface area (Å²) in [6.07, 6.45) is 0.237. The lowest BCUT2D eigenvalue weighted by Crippen LogP contribution is -2.18. The summed E-state index contributed by atoms with van der Waals surface area (Å²) < 4.78 is 0. The van der Waals surface area contributed by atoms with Crippen LogP contribution >= 0.6 is 0 Å². The Labute approximate surface area is 105 Å². The predicted octanol–water partition coefficient (Wildman–Crippen LogP) is 0.895. The lowest BCUT2D eigenvalue weighted by Gasteiger charge is -2.09. The van der Waals surface area contributed by atoms with Crippen molar-refractivity contribution >= 4 is 22.6 Å². The van der Waals surface area contributed by atoms with Crippen LogP contribution in [0.25, 0.3) is 10.8 Å². The zero-order valence-electron chi connectivity index (χ0n) is 9.85. The van der Waals surface area contributed by atoms with Crippen LogP contribution in [0.5, 0.6) is 0 Å². The summed E-state index contributed by atoms with van der Waals surface area (Å²) in [6, 6.07) is 11.5. The number of rotatable bonds is 4. The molecule has 0 heterocycles. The highest BCUT2D eigenvalue weighted by Gasteiger charge is 2.09. The highest BCUT2D eigenvalue weighted by molar-refractivity contribution is 5.88. The summed E-state index contributed by atoms with van der Waals surface area (Å²) >= 11 is 0. The van der Waals surface area contributed by atoms with Crippen molar-refractivity contribution in [2.45, 2.75) is 12.8 Å². The molecule has 4 N–H and O–H groups in total. The molecule has 0 aromatic heterocycles. The van der Waals surface area contributed by atoms with E-state index in [2.05, 4.69) is 0 Å². The number of primary amides is 2. The Morgan fingerprint density at radius 2 is 1.22 bits per heavy atom. The van der Waals surface area contributed by atoms with Gasteiger partial charge in [0.15, 0.2) is 0 Å². The Balaban J connectivity index is 2.55. The first-order valence-corrected chi connectivity index (χ1v) is 5.63. The molecule has 2 aromatic carbocycles. The molecule has 0 spiro atoms. The van der Waals surface area contributed by atoms with Gasteiger partial charge in [0.05, 0.1) is 12.8 Å². The predicted molar refractivity (Wildman–Crippen MR) is 69.7 cm³/mol. The van der Waals surface area contributed by atoms with E-state index in [4.69, 9.17) is 11.5 Å². The zero-order chi connectivity index (χ0) is 13.1. The maximum atomic E-state index is 11.0. The van der Waals surface area contributed by atoms with Gasteiger partial charge in [0.1, 0.15) is 0 Å². The molecule has 0 aliphatic heterocycles. The van der Waals surface area contributed by atoms with Crippen molar-refractivity contribution in [1.82, 2.24) is 0 Å². The van der Waals surface area contributed by atoms with Crippen molar-refractivity contribution < 1.29 is 9.59 Å². The molecule has 0 atom stereocenters. The van der Waals surface area contributed by atoms with Crippen molar-refractivity contribution in [1.29, 1.82) is 0 Å². The highest BCUT2D eigenvalue weighted by atomic mass is 16.1. The fraction of sp³-hybridized carbons (Fsp3) is 0.143. The van der Waals surface area contributed by atoms with Crippen LogP contribution in [0.2, 0.25) is 0 Å². The molecular weight excluding hydrogens is 228 g/mol. The van der Waals surface area contributed by atoms with Gasteiger partial charge < -0.3 is 11.5 Å². The second kappa shape index (κ2) is 4.87. The molecular formula is C14H14N2O2.